The van der Waals surface area contributed by atoms with E-state index in [1.807, 2.05) is 26.8 Å². The zero-order valence-electron chi connectivity index (χ0n) is 12.8. The number of aliphatic hydroxyl groups is 2. The van der Waals surface area contributed by atoms with Gasteiger partial charge in [0.2, 0.25) is 0 Å². The number of benzene rings is 1. The number of nitrogens with one attached hydrogen (secondary N) is 1. The van der Waals surface area contributed by atoms with Gasteiger partial charge >= 0.3 is 0 Å². The van der Waals surface area contributed by atoms with E-state index in [0.29, 0.717) is 17.3 Å². The van der Waals surface area contributed by atoms with Gasteiger partial charge in [0.25, 0.3) is 0 Å². The third-order valence-corrected chi connectivity index (χ3v) is 4.81. The Hall–Kier alpha value is -0.810. The van der Waals surface area contributed by atoms with E-state index < -0.39 is 6.10 Å². The molecule has 4 nitrogen and oxygen atoms in total. The van der Waals surface area contributed by atoms with Crippen LogP contribution >= 0.6 is 11.6 Å². The lowest BCUT2D eigenvalue weighted by atomic mass is 9.64. The molecule has 3 atom stereocenters. The fourth-order valence-corrected chi connectivity index (χ4v) is 2.60. The summed E-state index contributed by atoms with van der Waals surface area (Å²) in [5.41, 5.74) is 0.820. The summed E-state index contributed by atoms with van der Waals surface area (Å²) in [6.45, 7) is 6.64. The summed E-state index contributed by atoms with van der Waals surface area (Å²) in [5, 5.41) is 23.6. The molecule has 1 aliphatic carbocycles. The maximum Gasteiger partial charge on any atom is 0.119 e. The predicted octanol–water partition coefficient (Wildman–Crippen LogP) is 2.14. The maximum atomic E-state index is 9.96. The molecule has 0 heterocycles. The summed E-state index contributed by atoms with van der Waals surface area (Å²) < 4.78 is 5.56. The lowest BCUT2D eigenvalue weighted by molar-refractivity contribution is -0.0755. The molecule has 5 heteroatoms. The third-order valence-electron chi connectivity index (χ3n) is 4.39. The maximum absolute atomic E-state index is 9.96. The van der Waals surface area contributed by atoms with Crippen LogP contribution in [-0.4, -0.2) is 41.6 Å². The van der Waals surface area contributed by atoms with Crippen LogP contribution in [0.2, 0.25) is 5.02 Å². The van der Waals surface area contributed by atoms with Gasteiger partial charge in [0.05, 0.1) is 6.10 Å². The molecule has 1 saturated carbocycles. The molecule has 1 fully saturated rings. The molecule has 1 aliphatic rings. The number of aryl methyl sites for hydroxylation is 1. The molecule has 0 bridgehead atoms. The molecule has 0 aromatic heterocycles. The fourth-order valence-electron chi connectivity index (χ4n) is 2.49. The van der Waals surface area contributed by atoms with E-state index in [0.717, 1.165) is 12.0 Å². The van der Waals surface area contributed by atoms with Crippen molar-refractivity contribution in [3.05, 3.63) is 28.8 Å². The van der Waals surface area contributed by atoms with E-state index in [1.165, 1.54) is 0 Å². The highest BCUT2D eigenvalue weighted by Gasteiger charge is 2.46. The lowest BCUT2D eigenvalue weighted by Crippen LogP contribution is -2.61. The van der Waals surface area contributed by atoms with E-state index in [4.69, 9.17) is 16.3 Å². The normalized spacial score (nSPS) is 25.2. The topological polar surface area (TPSA) is 61.7 Å². The van der Waals surface area contributed by atoms with E-state index in [9.17, 15) is 10.2 Å². The van der Waals surface area contributed by atoms with Gasteiger partial charge in [-0.3, -0.25) is 0 Å². The number of aliphatic hydroxyl groups excluding tert-OH is 2. The van der Waals surface area contributed by atoms with Gasteiger partial charge in [-0.15, -0.1) is 0 Å². The molecule has 0 saturated heterocycles. The third kappa shape index (κ3) is 3.89. The molecule has 0 aliphatic heterocycles. The van der Waals surface area contributed by atoms with Crippen LogP contribution in [0.3, 0.4) is 0 Å². The molecular weight excluding hydrogens is 290 g/mol. The molecule has 2 rings (SSSR count). The summed E-state index contributed by atoms with van der Waals surface area (Å²) in [4.78, 5) is 0. The zero-order valence-corrected chi connectivity index (χ0v) is 13.5. The van der Waals surface area contributed by atoms with Crippen LogP contribution in [0.1, 0.15) is 25.8 Å². The van der Waals surface area contributed by atoms with Crippen LogP contribution in [0.5, 0.6) is 5.75 Å². The lowest BCUT2D eigenvalue weighted by Gasteiger charge is -2.49. The first-order valence-electron chi connectivity index (χ1n) is 7.29. The van der Waals surface area contributed by atoms with Crippen molar-refractivity contribution in [2.45, 2.75) is 45.4 Å². The van der Waals surface area contributed by atoms with Crippen LogP contribution in [0.15, 0.2) is 18.2 Å². The smallest absolute Gasteiger partial charge is 0.119 e. The van der Waals surface area contributed by atoms with Gasteiger partial charge in [-0.1, -0.05) is 25.4 Å². The van der Waals surface area contributed by atoms with Gasteiger partial charge in [0.1, 0.15) is 18.5 Å². The Kier molecular flexibility index (Phi) is 5.15. The summed E-state index contributed by atoms with van der Waals surface area (Å²) >= 11 is 5.95. The fraction of sp³-hybridized carbons (Fsp3) is 0.625. The highest BCUT2D eigenvalue weighted by Crippen LogP contribution is 2.40. The van der Waals surface area contributed by atoms with Gasteiger partial charge in [-0.25, -0.2) is 0 Å². The Morgan fingerprint density at radius 2 is 2.19 bits per heavy atom. The van der Waals surface area contributed by atoms with Crippen molar-refractivity contribution >= 4 is 11.6 Å². The quantitative estimate of drug-likeness (QED) is 0.753. The number of halogens is 1. The second kappa shape index (κ2) is 6.53. The van der Waals surface area contributed by atoms with Crippen molar-refractivity contribution in [1.82, 2.24) is 5.32 Å². The monoisotopic (exact) mass is 313 g/mol. The average molecular weight is 314 g/mol. The Bertz CT molecular complexity index is 492. The van der Waals surface area contributed by atoms with E-state index >= 15 is 0 Å². The summed E-state index contributed by atoms with van der Waals surface area (Å²) in [5.74, 6) is 0.704. The predicted molar refractivity (Wildman–Crippen MR) is 83.9 cm³/mol. The van der Waals surface area contributed by atoms with E-state index in [2.05, 4.69) is 5.32 Å². The number of rotatable bonds is 6. The SMILES string of the molecule is Cc1cc(OCC(O)CNC2CC(O)C2(C)C)ccc1Cl. The minimum Gasteiger partial charge on any atom is -0.491 e. The molecule has 118 valence electrons. The average Bonchev–Trinajstić information content (AvgIpc) is 2.44. The zero-order chi connectivity index (χ0) is 15.6. The summed E-state index contributed by atoms with van der Waals surface area (Å²) in [7, 11) is 0. The van der Waals surface area contributed by atoms with Crippen molar-refractivity contribution in [2.75, 3.05) is 13.2 Å². The van der Waals surface area contributed by atoms with Crippen molar-refractivity contribution in [3.8, 4) is 5.75 Å². The van der Waals surface area contributed by atoms with Crippen LogP contribution in [0, 0.1) is 12.3 Å². The largest absolute Gasteiger partial charge is 0.491 e. The molecular formula is C16H24ClNO3. The van der Waals surface area contributed by atoms with Crippen molar-refractivity contribution in [1.29, 1.82) is 0 Å². The highest BCUT2D eigenvalue weighted by atomic mass is 35.5. The molecule has 3 unspecified atom stereocenters. The molecule has 1 aromatic carbocycles. The van der Waals surface area contributed by atoms with E-state index in [-0.39, 0.29) is 24.2 Å². The van der Waals surface area contributed by atoms with Crippen molar-refractivity contribution in [2.24, 2.45) is 5.41 Å². The van der Waals surface area contributed by atoms with Crippen LogP contribution in [0.25, 0.3) is 0 Å². The first-order valence-corrected chi connectivity index (χ1v) is 7.67. The molecule has 0 radical (unpaired) electrons. The minimum absolute atomic E-state index is 0.131. The number of hydrogen-bond acceptors (Lipinski definition) is 4. The second-order valence-corrected chi connectivity index (χ2v) is 6.82. The highest BCUT2D eigenvalue weighted by molar-refractivity contribution is 6.31. The summed E-state index contributed by atoms with van der Waals surface area (Å²) in [6.07, 6.45) is -0.119. The first-order chi connectivity index (χ1) is 9.80. The molecule has 1 aromatic rings. The van der Waals surface area contributed by atoms with Gasteiger partial charge in [-0.2, -0.15) is 0 Å². The Morgan fingerprint density at radius 3 is 2.76 bits per heavy atom. The minimum atomic E-state index is -0.588. The summed E-state index contributed by atoms with van der Waals surface area (Å²) in [6, 6.07) is 5.67. The first kappa shape index (κ1) is 16.6. The molecule has 21 heavy (non-hydrogen) atoms. The van der Waals surface area contributed by atoms with Crippen LogP contribution in [0.4, 0.5) is 0 Å². The van der Waals surface area contributed by atoms with Gasteiger partial charge in [-0.05, 0) is 37.1 Å². The van der Waals surface area contributed by atoms with Crippen molar-refractivity contribution < 1.29 is 14.9 Å². The molecule has 0 spiro atoms. The van der Waals surface area contributed by atoms with Gasteiger partial charge < -0.3 is 20.3 Å². The number of ether oxygens (including phenoxy) is 1. The Labute approximate surface area is 131 Å². The molecule has 0 amide bonds. The Balaban J connectivity index is 1.73. The standard InChI is InChI=1S/C16H24ClNO3/c1-10-6-12(4-5-13(10)17)21-9-11(19)8-18-14-7-15(20)16(14,2)3/h4-6,11,14-15,18-20H,7-9H2,1-3H3. The van der Waals surface area contributed by atoms with Crippen molar-refractivity contribution in [3.63, 3.8) is 0 Å². The van der Waals surface area contributed by atoms with Crippen LogP contribution < -0.4 is 10.1 Å². The number of hydrogen-bond donors (Lipinski definition) is 3. The Morgan fingerprint density at radius 1 is 1.48 bits per heavy atom. The molecule has 3 N–H and O–H groups in total. The van der Waals surface area contributed by atoms with Crippen LogP contribution in [-0.2, 0) is 0 Å². The second-order valence-electron chi connectivity index (χ2n) is 6.41. The van der Waals surface area contributed by atoms with Gasteiger partial charge in [0, 0.05) is 23.0 Å². The van der Waals surface area contributed by atoms with Gasteiger partial charge in [0.15, 0.2) is 0 Å². The van der Waals surface area contributed by atoms with E-state index in [1.54, 1.807) is 12.1 Å².